The molecule has 112 valence electrons. The van der Waals surface area contributed by atoms with Gasteiger partial charge in [-0.2, -0.15) is 0 Å². The number of piperidine rings is 1. The number of aliphatic hydroxyl groups excluding tert-OH is 1. The molecule has 1 N–H and O–H groups in total. The van der Waals surface area contributed by atoms with Gasteiger partial charge in [0.25, 0.3) is 5.91 Å². The van der Waals surface area contributed by atoms with Crippen LogP contribution in [0.15, 0.2) is 24.7 Å². The fourth-order valence-corrected chi connectivity index (χ4v) is 2.90. The molecule has 0 saturated carbocycles. The first kappa shape index (κ1) is 14.0. The molecule has 0 radical (unpaired) electrons. The quantitative estimate of drug-likeness (QED) is 0.925. The summed E-state index contributed by atoms with van der Waals surface area (Å²) in [5.74, 6) is 0.485. The minimum absolute atomic E-state index is 0.0166. The van der Waals surface area contributed by atoms with Crippen LogP contribution in [0, 0.1) is 5.41 Å². The highest BCUT2D eigenvalue weighted by molar-refractivity contribution is 5.92. The fraction of sp³-hybridized carbons (Fsp3) is 0.533. The lowest BCUT2D eigenvalue weighted by Crippen LogP contribution is -2.44. The van der Waals surface area contributed by atoms with Gasteiger partial charge < -0.3 is 10.0 Å². The largest absolute Gasteiger partial charge is 0.396 e. The van der Waals surface area contributed by atoms with E-state index in [0.29, 0.717) is 24.6 Å². The molecule has 0 aliphatic carbocycles. The highest BCUT2D eigenvalue weighted by Crippen LogP contribution is 2.34. The van der Waals surface area contributed by atoms with E-state index in [9.17, 15) is 9.90 Å². The molecule has 0 atom stereocenters. The van der Waals surface area contributed by atoms with Crippen molar-refractivity contribution in [3.8, 4) is 0 Å². The number of rotatable bonds is 3. The van der Waals surface area contributed by atoms with Gasteiger partial charge in [-0.3, -0.25) is 9.20 Å². The van der Waals surface area contributed by atoms with Crippen LogP contribution in [0.25, 0.3) is 5.78 Å². The Balaban J connectivity index is 1.74. The number of imidazole rings is 1. The van der Waals surface area contributed by atoms with Gasteiger partial charge in [0.15, 0.2) is 0 Å². The SMILES string of the molecule is CCC1(CO)CCN(C(=O)c2cn3cccnc3n2)CC1. The number of fused-ring (bicyclic) bond motifs is 1. The summed E-state index contributed by atoms with van der Waals surface area (Å²) in [5, 5.41) is 9.55. The molecule has 2 aromatic rings. The minimum Gasteiger partial charge on any atom is -0.396 e. The van der Waals surface area contributed by atoms with Gasteiger partial charge in [0, 0.05) is 38.3 Å². The van der Waals surface area contributed by atoms with E-state index in [-0.39, 0.29) is 17.9 Å². The molecule has 1 amide bonds. The van der Waals surface area contributed by atoms with Crippen LogP contribution < -0.4 is 0 Å². The minimum atomic E-state index is -0.0526. The molecular weight excluding hydrogens is 268 g/mol. The van der Waals surface area contributed by atoms with Crippen LogP contribution in [0.3, 0.4) is 0 Å². The lowest BCUT2D eigenvalue weighted by atomic mass is 9.77. The number of amides is 1. The average molecular weight is 288 g/mol. The number of likely N-dealkylation sites (tertiary alicyclic amines) is 1. The lowest BCUT2D eigenvalue weighted by Gasteiger charge is -2.40. The van der Waals surface area contributed by atoms with Crippen molar-refractivity contribution in [3.63, 3.8) is 0 Å². The van der Waals surface area contributed by atoms with Gasteiger partial charge in [-0.25, -0.2) is 9.97 Å². The Morgan fingerprint density at radius 2 is 2.19 bits per heavy atom. The van der Waals surface area contributed by atoms with E-state index in [1.54, 1.807) is 22.9 Å². The van der Waals surface area contributed by atoms with Gasteiger partial charge in [-0.1, -0.05) is 6.92 Å². The van der Waals surface area contributed by atoms with Crippen LogP contribution in [-0.4, -0.2) is 50.0 Å². The van der Waals surface area contributed by atoms with E-state index >= 15 is 0 Å². The molecule has 1 aliphatic heterocycles. The van der Waals surface area contributed by atoms with E-state index in [0.717, 1.165) is 19.3 Å². The Bertz CT molecular complexity index is 605. The van der Waals surface area contributed by atoms with E-state index in [2.05, 4.69) is 16.9 Å². The lowest BCUT2D eigenvalue weighted by molar-refractivity contribution is 0.0335. The van der Waals surface area contributed by atoms with Gasteiger partial charge in [-0.15, -0.1) is 0 Å². The van der Waals surface area contributed by atoms with Gasteiger partial charge in [0.1, 0.15) is 5.69 Å². The predicted molar refractivity (Wildman–Crippen MR) is 77.9 cm³/mol. The molecular formula is C15H20N4O2. The van der Waals surface area contributed by atoms with E-state index in [4.69, 9.17) is 0 Å². The molecule has 21 heavy (non-hydrogen) atoms. The Morgan fingerprint density at radius 1 is 1.43 bits per heavy atom. The molecule has 1 saturated heterocycles. The smallest absolute Gasteiger partial charge is 0.274 e. The summed E-state index contributed by atoms with van der Waals surface area (Å²) in [6.45, 7) is 3.65. The second-order valence-corrected chi connectivity index (χ2v) is 5.76. The number of hydrogen-bond acceptors (Lipinski definition) is 4. The van der Waals surface area contributed by atoms with Gasteiger partial charge in [0.05, 0.1) is 0 Å². The van der Waals surface area contributed by atoms with Gasteiger partial charge in [-0.05, 0) is 30.7 Å². The Morgan fingerprint density at radius 3 is 2.81 bits per heavy atom. The molecule has 3 heterocycles. The fourth-order valence-electron chi connectivity index (χ4n) is 2.90. The van der Waals surface area contributed by atoms with Crippen molar-refractivity contribution >= 4 is 11.7 Å². The Labute approximate surface area is 123 Å². The number of carbonyl (C=O) groups excluding carboxylic acids is 1. The van der Waals surface area contributed by atoms with Crippen molar-refractivity contribution in [3.05, 3.63) is 30.4 Å². The third-order valence-corrected chi connectivity index (χ3v) is 4.65. The molecule has 6 heteroatoms. The topological polar surface area (TPSA) is 70.7 Å². The maximum absolute atomic E-state index is 12.5. The summed E-state index contributed by atoms with van der Waals surface area (Å²) in [4.78, 5) is 22.7. The summed E-state index contributed by atoms with van der Waals surface area (Å²) < 4.78 is 1.75. The number of nitrogens with zero attached hydrogens (tertiary/aromatic N) is 4. The summed E-state index contributed by atoms with van der Waals surface area (Å²) in [7, 11) is 0. The number of aliphatic hydroxyl groups is 1. The highest BCUT2D eigenvalue weighted by Gasteiger charge is 2.34. The molecule has 6 nitrogen and oxygen atoms in total. The Hall–Kier alpha value is -1.95. The average Bonchev–Trinajstić information content (AvgIpc) is 2.98. The number of carbonyl (C=O) groups is 1. The first-order valence-corrected chi connectivity index (χ1v) is 7.37. The van der Waals surface area contributed by atoms with Crippen molar-refractivity contribution in [2.45, 2.75) is 26.2 Å². The van der Waals surface area contributed by atoms with Crippen molar-refractivity contribution in [1.29, 1.82) is 0 Å². The van der Waals surface area contributed by atoms with Crippen LogP contribution in [0.1, 0.15) is 36.7 Å². The van der Waals surface area contributed by atoms with Crippen molar-refractivity contribution in [1.82, 2.24) is 19.3 Å². The third-order valence-electron chi connectivity index (χ3n) is 4.65. The normalized spacial score (nSPS) is 18.1. The second kappa shape index (κ2) is 5.44. The van der Waals surface area contributed by atoms with Gasteiger partial charge in [0.2, 0.25) is 5.78 Å². The summed E-state index contributed by atoms with van der Waals surface area (Å²) in [5.41, 5.74) is 0.416. The molecule has 0 unspecified atom stereocenters. The number of aromatic nitrogens is 3. The van der Waals surface area contributed by atoms with E-state index in [1.165, 1.54) is 0 Å². The summed E-state index contributed by atoms with van der Waals surface area (Å²) >= 11 is 0. The second-order valence-electron chi connectivity index (χ2n) is 5.76. The first-order valence-electron chi connectivity index (χ1n) is 7.37. The van der Waals surface area contributed by atoms with E-state index < -0.39 is 0 Å². The molecule has 2 aromatic heterocycles. The molecule has 1 aliphatic rings. The molecule has 3 rings (SSSR count). The monoisotopic (exact) mass is 288 g/mol. The van der Waals surface area contributed by atoms with Crippen LogP contribution in [0.4, 0.5) is 0 Å². The molecule has 0 bridgehead atoms. The molecule has 1 fully saturated rings. The zero-order valence-electron chi connectivity index (χ0n) is 12.2. The molecule has 0 spiro atoms. The van der Waals surface area contributed by atoms with Crippen molar-refractivity contribution < 1.29 is 9.90 Å². The maximum Gasteiger partial charge on any atom is 0.274 e. The van der Waals surface area contributed by atoms with Crippen molar-refractivity contribution in [2.75, 3.05) is 19.7 Å². The van der Waals surface area contributed by atoms with Crippen LogP contribution in [0.5, 0.6) is 0 Å². The third kappa shape index (κ3) is 2.51. The van der Waals surface area contributed by atoms with Crippen LogP contribution in [0.2, 0.25) is 0 Å². The van der Waals surface area contributed by atoms with Crippen LogP contribution in [-0.2, 0) is 0 Å². The highest BCUT2D eigenvalue weighted by atomic mass is 16.3. The first-order chi connectivity index (χ1) is 10.2. The van der Waals surface area contributed by atoms with E-state index in [1.807, 2.05) is 11.1 Å². The van der Waals surface area contributed by atoms with Crippen LogP contribution >= 0.6 is 0 Å². The molecule has 0 aromatic carbocycles. The zero-order chi connectivity index (χ0) is 14.9. The Kier molecular flexibility index (Phi) is 3.63. The summed E-state index contributed by atoms with van der Waals surface area (Å²) in [6, 6.07) is 1.81. The zero-order valence-corrected chi connectivity index (χ0v) is 12.2. The van der Waals surface area contributed by atoms with Crippen molar-refractivity contribution in [2.24, 2.45) is 5.41 Å². The van der Waals surface area contributed by atoms with Gasteiger partial charge >= 0.3 is 0 Å². The summed E-state index contributed by atoms with van der Waals surface area (Å²) in [6.07, 6.45) is 7.85. The predicted octanol–water partition coefficient (Wildman–Crippen LogP) is 1.35. The standard InChI is InChI=1S/C15H20N4O2/c1-2-15(11-20)4-8-18(9-5-15)13(21)12-10-19-7-3-6-16-14(19)17-12/h3,6-7,10,20H,2,4-5,8-9,11H2,1H3. The maximum atomic E-state index is 12.5. The number of hydrogen-bond donors (Lipinski definition) is 1.